The molecule has 0 bridgehead atoms. The van der Waals surface area contributed by atoms with Crippen LogP contribution in [0.4, 0.5) is 5.69 Å². The molecule has 4 aromatic rings. The minimum Gasteiger partial charge on any atom is -0.398 e. The molecular formula is C23H17N. The topological polar surface area (TPSA) is 26.0 Å². The van der Waals surface area contributed by atoms with Crippen molar-refractivity contribution in [3.05, 3.63) is 90.0 Å². The molecule has 1 heteroatoms. The average molecular weight is 307 g/mol. The number of rotatable bonds is 1. The molecule has 4 aromatic carbocycles. The van der Waals surface area contributed by atoms with E-state index in [0.29, 0.717) is 0 Å². The first kappa shape index (κ1) is 13.4. The Bertz CT molecular complexity index is 1090. The average Bonchev–Trinajstić information content (AvgIpc) is 3.00. The van der Waals surface area contributed by atoms with Crippen molar-refractivity contribution in [2.24, 2.45) is 0 Å². The number of nitrogen functional groups attached to an aromatic ring is 1. The molecule has 0 fully saturated rings. The summed E-state index contributed by atoms with van der Waals surface area (Å²) in [6.45, 7) is 0. The smallest absolute Gasteiger partial charge is 0.0399 e. The molecule has 0 amide bonds. The molecule has 1 nitrogen and oxygen atoms in total. The molecule has 0 radical (unpaired) electrons. The molecule has 1 aliphatic rings. The fourth-order valence-electron chi connectivity index (χ4n) is 3.92. The van der Waals surface area contributed by atoms with Gasteiger partial charge in [0.2, 0.25) is 0 Å². The van der Waals surface area contributed by atoms with Gasteiger partial charge in [-0.05, 0) is 57.3 Å². The fourth-order valence-corrected chi connectivity index (χ4v) is 3.92. The lowest BCUT2D eigenvalue weighted by Gasteiger charge is -2.12. The zero-order valence-electron chi connectivity index (χ0n) is 13.3. The van der Waals surface area contributed by atoms with E-state index in [1.165, 1.54) is 38.8 Å². The van der Waals surface area contributed by atoms with E-state index < -0.39 is 0 Å². The molecule has 1 aliphatic carbocycles. The van der Waals surface area contributed by atoms with Crippen LogP contribution in [-0.2, 0) is 6.42 Å². The normalized spacial score (nSPS) is 12.2. The maximum atomic E-state index is 6.32. The van der Waals surface area contributed by atoms with Crippen LogP contribution in [0.25, 0.3) is 33.0 Å². The number of nitrogens with two attached hydrogens (primary N) is 1. The first-order chi connectivity index (χ1) is 11.8. The van der Waals surface area contributed by atoms with Gasteiger partial charge in [0.05, 0.1) is 0 Å². The quantitative estimate of drug-likeness (QED) is 0.397. The summed E-state index contributed by atoms with van der Waals surface area (Å²) >= 11 is 0. The standard InChI is InChI=1S/C23H17N/c24-23-14-17(12-15-6-2-4-9-20(15)23)19-10-5-11-21-18-8-3-1-7-16(18)13-22(19)21/h1-12,14H,13,24H2. The number of anilines is 1. The monoisotopic (exact) mass is 307 g/mol. The molecule has 114 valence electrons. The fraction of sp³-hybridized carbons (Fsp3) is 0.0435. The Morgan fingerprint density at radius 1 is 0.667 bits per heavy atom. The molecule has 0 aromatic heterocycles. The summed E-state index contributed by atoms with van der Waals surface area (Å²) in [6.07, 6.45) is 0.994. The first-order valence-corrected chi connectivity index (χ1v) is 8.30. The number of fused-ring (bicyclic) bond motifs is 4. The Morgan fingerprint density at radius 3 is 2.38 bits per heavy atom. The Balaban J connectivity index is 1.75. The van der Waals surface area contributed by atoms with Crippen LogP contribution in [0.2, 0.25) is 0 Å². The van der Waals surface area contributed by atoms with Crippen LogP contribution >= 0.6 is 0 Å². The van der Waals surface area contributed by atoms with E-state index in [1.54, 1.807) is 0 Å². The molecule has 0 unspecified atom stereocenters. The van der Waals surface area contributed by atoms with Crippen LogP contribution in [0.5, 0.6) is 0 Å². The molecule has 0 atom stereocenters. The van der Waals surface area contributed by atoms with Crippen molar-refractivity contribution >= 4 is 16.5 Å². The second kappa shape index (κ2) is 4.97. The molecule has 24 heavy (non-hydrogen) atoms. The van der Waals surface area contributed by atoms with Gasteiger partial charge in [-0.15, -0.1) is 0 Å². The van der Waals surface area contributed by atoms with Crippen LogP contribution in [-0.4, -0.2) is 0 Å². The van der Waals surface area contributed by atoms with E-state index in [0.717, 1.165) is 17.5 Å². The molecule has 5 rings (SSSR count). The van der Waals surface area contributed by atoms with Crippen molar-refractivity contribution in [2.45, 2.75) is 6.42 Å². The van der Waals surface area contributed by atoms with E-state index in [2.05, 4.69) is 72.8 Å². The van der Waals surface area contributed by atoms with Gasteiger partial charge in [0.25, 0.3) is 0 Å². The second-order valence-corrected chi connectivity index (χ2v) is 6.45. The third kappa shape index (κ3) is 1.88. The predicted octanol–water partition coefficient (Wildman–Crippen LogP) is 5.66. The summed E-state index contributed by atoms with van der Waals surface area (Å²) in [5.74, 6) is 0. The highest BCUT2D eigenvalue weighted by Gasteiger charge is 2.21. The van der Waals surface area contributed by atoms with Gasteiger partial charge < -0.3 is 5.73 Å². The van der Waals surface area contributed by atoms with Gasteiger partial charge >= 0.3 is 0 Å². The SMILES string of the molecule is Nc1cc(-c2cccc3c2Cc2ccccc2-3)cc2ccccc12. The first-order valence-electron chi connectivity index (χ1n) is 8.30. The van der Waals surface area contributed by atoms with E-state index >= 15 is 0 Å². The highest BCUT2D eigenvalue weighted by Crippen LogP contribution is 2.42. The minimum atomic E-state index is 0.844. The molecule has 0 spiro atoms. The van der Waals surface area contributed by atoms with Gasteiger partial charge in [-0.3, -0.25) is 0 Å². The molecule has 0 saturated heterocycles. The summed E-state index contributed by atoms with van der Waals surface area (Å²) in [4.78, 5) is 0. The van der Waals surface area contributed by atoms with Crippen molar-refractivity contribution in [3.8, 4) is 22.3 Å². The van der Waals surface area contributed by atoms with Gasteiger partial charge in [0, 0.05) is 11.1 Å². The number of hydrogen-bond donors (Lipinski definition) is 1. The zero-order valence-corrected chi connectivity index (χ0v) is 13.3. The Morgan fingerprint density at radius 2 is 1.42 bits per heavy atom. The Kier molecular flexibility index (Phi) is 2.77. The van der Waals surface area contributed by atoms with E-state index in [9.17, 15) is 0 Å². The van der Waals surface area contributed by atoms with Gasteiger partial charge in [0.1, 0.15) is 0 Å². The lowest BCUT2D eigenvalue weighted by molar-refractivity contribution is 1.26. The second-order valence-electron chi connectivity index (χ2n) is 6.45. The van der Waals surface area contributed by atoms with Crippen LogP contribution in [0.3, 0.4) is 0 Å². The van der Waals surface area contributed by atoms with Gasteiger partial charge in [-0.25, -0.2) is 0 Å². The van der Waals surface area contributed by atoms with Gasteiger partial charge in [-0.1, -0.05) is 66.7 Å². The van der Waals surface area contributed by atoms with Crippen LogP contribution in [0.1, 0.15) is 11.1 Å². The summed E-state index contributed by atoms with van der Waals surface area (Å²) in [5, 5.41) is 2.32. The van der Waals surface area contributed by atoms with Crippen LogP contribution in [0.15, 0.2) is 78.9 Å². The van der Waals surface area contributed by atoms with Gasteiger partial charge in [0.15, 0.2) is 0 Å². The largest absolute Gasteiger partial charge is 0.398 e. The van der Waals surface area contributed by atoms with Crippen molar-refractivity contribution in [3.63, 3.8) is 0 Å². The van der Waals surface area contributed by atoms with Crippen molar-refractivity contribution in [1.82, 2.24) is 0 Å². The summed E-state index contributed by atoms with van der Waals surface area (Å²) in [6, 6.07) is 28.0. The Labute approximate surface area is 141 Å². The lowest BCUT2D eigenvalue weighted by Crippen LogP contribution is -1.92. The summed E-state index contributed by atoms with van der Waals surface area (Å²) in [7, 11) is 0. The lowest BCUT2D eigenvalue weighted by atomic mass is 9.93. The molecular weight excluding hydrogens is 290 g/mol. The van der Waals surface area contributed by atoms with Crippen molar-refractivity contribution in [2.75, 3.05) is 5.73 Å². The molecule has 0 aliphatic heterocycles. The molecule has 2 N–H and O–H groups in total. The predicted molar refractivity (Wildman–Crippen MR) is 102 cm³/mol. The maximum Gasteiger partial charge on any atom is 0.0399 e. The van der Waals surface area contributed by atoms with Crippen LogP contribution < -0.4 is 5.73 Å². The third-order valence-corrected chi connectivity index (χ3v) is 5.06. The van der Waals surface area contributed by atoms with E-state index in [-0.39, 0.29) is 0 Å². The van der Waals surface area contributed by atoms with Gasteiger partial charge in [-0.2, -0.15) is 0 Å². The van der Waals surface area contributed by atoms with Crippen LogP contribution in [0, 0.1) is 0 Å². The summed E-state index contributed by atoms with van der Waals surface area (Å²) < 4.78 is 0. The highest BCUT2D eigenvalue weighted by atomic mass is 14.6. The maximum absolute atomic E-state index is 6.32. The Hall–Kier alpha value is -3.06. The van der Waals surface area contributed by atoms with E-state index in [1.807, 2.05) is 6.07 Å². The summed E-state index contributed by atoms with van der Waals surface area (Å²) in [5.41, 5.74) is 15.2. The van der Waals surface area contributed by atoms with E-state index in [4.69, 9.17) is 5.73 Å². The molecule has 0 saturated carbocycles. The van der Waals surface area contributed by atoms with Crippen molar-refractivity contribution < 1.29 is 0 Å². The van der Waals surface area contributed by atoms with Crippen molar-refractivity contribution in [1.29, 1.82) is 0 Å². The highest BCUT2D eigenvalue weighted by molar-refractivity contribution is 5.98. The minimum absolute atomic E-state index is 0.844. The number of hydrogen-bond acceptors (Lipinski definition) is 1. The number of benzene rings is 4. The zero-order chi connectivity index (χ0) is 16.1. The third-order valence-electron chi connectivity index (χ3n) is 5.06. The molecule has 0 heterocycles.